The first kappa shape index (κ1) is 37.5. The van der Waals surface area contributed by atoms with Crippen LogP contribution in [-0.2, 0) is 41.2 Å². The quantitative estimate of drug-likeness (QED) is 0.0762. The third-order valence-corrected chi connectivity index (χ3v) is 9.49. The van der Waals surface area contributed by atoms with Crippen molar-refractivity contribution in [3.05, 3.63) is 18.1 Å². The van der Waals surface area contributed by atoms with Crippen LogP contribution in [0.5, 0.6) is 0 Å². The summed E-state index contributed by atoms with van der Waals surface area (Å²) in [5.41, 5.74) is 6.43. The Labute approximate surface area is 255 Å². The maximum absolute atomic E-state index is 12.2. The van der Waals surface area contributed by atoms with Gasteiger partial charge in [-0.2, -0.15) is 21.8 Å². The Balaban J connectivity index is 1.62. The van der Waals surface area contributed by atoms with E-state index in [0.717, 1.165) is 6.33 Å². The first-order chi connectivity index (χ1) is 21.2. The smallest absolute Gasteiger partial charge is 0.390 e. The molecule has 2 aromatic rings. The number of anilines is 1. The average Bonchev–Trinajstić information content (AvgIpc) is 3.46. The Bertz CT molecular complexity index is 1660. The van der Waals surface area contributed by atoms with Gasteiger partial charge in [0.25, 0.3) is 0 Å². The second kappa shape index (κ2) is 14.9. The molecule has 26 heteroatoms. The van der Waals surface area contributed by atoms with Gasteiger partial charge in [0.05, 0.1) is 30.2 Å². The van der Waals surface area contributed by atoms with Gasteiger partial charge in [-0.15, -0.1) is 0 Å². The largest absolute Gasteiger partial charge is 0.490 e. The van der Waals surface area contributed by atoms with E-state index in [1.54, 1.807) is 5.32 Å². The van der Waals surface area contributed by atoms with Gasteiger partial charge in [-0.3, -0.25) is 14.1 Å². The summed E-state index contributed by atoms with van der Waals surface area (Å²) in [6.45, 7) is -1.46. The van der Waals surface area contributed by atoms with Gasteiger partial charge in [0.1, 0.15) is 30.1 Å². The lowest BCUT2D eigenvalue weighted by Crippen LogP contribution is -2.37. The number of carbonyl (C=O) groups is 2. The Hall–Kier alpha value is -2.96. The van der Waals surface area contributed by atoms with Crippen molar-refractivity contribution >= 4 is 52.1 Å². The summed E-state index contributed by atoms with van der Waals surface area (Å²) in [6.07, 6.45) is -6.56. The number of phosphoric ester groups is 1. The second-order valence-corrected chi connectivity index (χ2v) is 13.6. The third-order valence-electron chi connectivity index (χ3n) is 5.69. The zero-order valence-electron chi connectivity index (χ0n) is 22.9. The number of amides is 2. The van der Waals surface area contributed by atoms with Gasteiger partial charge in [-0.05, 0) is 6.42 Å². The molecular formula is C20H26F3N6O14P3. The number of carbonyl (C=O) groups excluding carboxylic acids is 2. The highest BCUT2D eigenvalue weighted by atomic mass is 31.3. The molecule has 1 saturated heterocycles. The number of hydrogen-bond donors (Lipinski definition) is 8. The molecule has 46 heavy (non-hydrogen) atoms. The van der Waals surface area contributed by atoms with E-state index in [0.29, 0.717) is 0 Å². The van der Waals surface area contributed by atoms with Crippen LogP contribution in [0.1, 0.15) is 31.1 Å². The van der Waals surface area contributed by atoms with Crippen LogP contribution in [0.3, 0.4) is 0 Å². The topological polar surface area (TPSA) is 304 Å². The monoisotopic (exact) mass is 724 g/mol. The maximum atomic E-state index is 12.2. The molecule has 0 bridgehead atoms. The summed E-state index contributed by atoms with van der Waals surface area (Å²) in [4.78, 5) is 66.9. The van der Waals surface area contributed by atoms with Crippen molar-refractivity contribution in [2.75, 3.05) is 25.4 Å². The lowest BCUT2D eigenvalue weighted by molar-refractivity contribution is -0.173. The molecule has 3 unspecified atom stereocenters. The summed E-state index contributed by atoms with van der Waals surface area (Å²) in [6, 6.07) is 0. The zero-order chi connectivity index (χ0) is 34.5. The number of aromatic nitrogens is 3. The highest BCUT2D eigenvalue weighted by Gasteiger charge is 2.43. The van der Waals surface area contributed by atoms with Crippen molar-refractivity contribution in [2.24, 2.45) is 0 Å². The number of hydrogen-bond acceptors (Lipinski definition) is 13. The van der Waals surface area contributed by atoms with Crippen molar-refractivity contribution in [1.29, 1.82) is 0 Å². The van der Waals surface area contributed by atoms with Gasteiger partial charge in [-0.25, -0.2) is 23.7 Å². The molecule has 2 aromatic heterocycles. The minimum absolute atomic E-state index is 0.000689. The normalized spacial score (nSPS) is 21.2. The Morgan fingerprint density at radius 3 is 2.48 bits per heavy atom. The van der Waals surface area contributed by atoms with Gasteiger partial charge >= 0.3 is 35.6 Å². The molecule has 2 amide bonds. The number of nitrogens with two attached hydrogens (primary N) is 1. The average molecular weight is 724 g/mol. The molecule has 20 nitrogen and oxygen atoms in total. The van der Waals surface area contributed by atoms with Crippen molar-refractivity contribution in [1.82, 2.24) is 25.2 Å². The number of phosphoric acid groups is 3. The summed E-state index contributed by atoms with van der Waals surface area (Å²) >= 11 is 0. The Morgan fingerprint density at radius 1 is 1.13 bits per heavy atom. The molecule has 3 heterocycles. The first-order valence-corrected chi connectivity index (χ1v) is 17.0. The molecule has 0 aromatic carbocycles. The van der Waals surface area contributed by atoms with Gasteiger partial charge < -0.3 is 50.4 Å². The Kier molecular flexibility index (Phi) is 12.1. The van der Waals surface area contributed by atoms with Crippen molar-refractivity contribution < 1.29 is 79.0 Å². The van der Waals surface area contributed by atoms with E-state index in [9.17, 15) is 51.3 Å². The SMILES string of the molecule is Nc1ncnc2c1c(C#CCNC(=O)CCCNC(=O)C(F)(F)F)cn2[C@H]1CC(O)[C@@H](COP(=O)(O)OP(=O)(O)OP(=O)(O)O)O1. The highest BCUT2D eigenvalue weighted by Crippen LogP contribution is 2.66. The minimum atomic E-state index is -5.75. The van der Waals surface area contributed by atoms with Crippen molar-refractivity contribution in [2.45, 2.75) is 43.9 Å². The standard InChI is InChI=1S/C20H26F3N6O14P3/c21-20(22,23)19(32)26-6-2-4-14(31)25-5-1-3-11-8-29(18-16(11)17(24)27-10-28-18)15-7-12(30)13(41-15)9-40-45(36,37)43-46(38,39)42-44(33,34)35/h8,10,12-13,15,30H,2,4-7,9H2,(H,25,31)(H,26,32)(H,36,37)(H,38,39)(H2,24,27,28)(H2,33,34,35)/t12?,13-,15-/m1/s1. The maximum Gasteiger partial charge on any atom is 0.490 e. The number of rotatable bonds is 13. The summed E-state index contributed by atoms with van der Waals surface area (Å²) in [5.74, 6) is 2.76. The summed E-state index contributed by atoms with van der Waals surface area (Å²) in [5, 5.41) is 14.8. The van der Waals surface area contributed by atoms with E-state index in [2.05, 4.69) is 40.3 Å². The van der Waals surface area contributed by atoms with Crippen LogP contribution in [0.15, 0.2) is 12.5 Å². The fraction of sp³-hybridized carbons (Fsp3) is 0.500. The number of halogens is 3. The number of nitrogens with zero attached hydrogens (tertiary/aromatic N) is 3. The Morgan fingerprint density at radius 2 is 1.83 bits per heavy atom. The van der Waals surface area contributed by atoms with Crippen LogP contribution in [0.4, 0.5) is 19.0 Å². The summed E-state index contributed by atoms with van der Waals surface area (Å²) < 4.78 is 89.7. The molecule has 9 N–H and O–H groups in total. The van der Waals surface area contributed by atoms with Gasteiger partial charge in [-0.1, -0.05) is 11.8 Å². The molecule has 256 valence electrons. The molecule has 1 fully saturated rings. The minimum Gasteiger partial charge on any atom is -0.390 e. The number of alkyl halides is 3. The van der Waals surface area contributed by atoms with E-state index < -0.39 is 66.5 Å². The lowest BCUT2D eigenvalue weighted by Gasteiger charge is -2.19. The molecule has 1 aliphatic heterocycles. The zero-order valence-corrected chi connectivity index (χ0v) is 25.6. The number of nitrogen functional groups attached to an aromatic ring is 1. The van der Waals surface area contributed by atoms with E-state index in [4.69, 9.17) is 20.3 Å². The molecule has 0 spiro atoms. The molecule has 0 radical (unpaired) electrons. The number of fused-ring (bicyclic) bond motifs is 1. The van der Waals surface area contributed by atoms with E-state index in [1.165, 1.54) is 10.8 Å². The second-order valence-electron chi connectivity index (χ2n) is 9.16. The third kappa shape index (κ3) is 11.1. The molecule has 0 aliphatic carbocycles. The van der Waals surface area contributed by atoms with Crippen LogP contribution < -0.4 is 16.4 Å². The van der Waals surface area contributed by atoms with E-state index >= 15 is 0 Å². The van der Waals surface area contributed by atoms with Crippen LogP contribution in [0.25, 0.3) is 11.0 Å². The predicted octanol–water partition coefficient (Wildman–Crippen LogP) is -0.0684. The van der Waals surface area contributed by atoms with Crippen LogP contribution in [-0.4, -0.2) is 89.1 Å². The molecular weight excluding hydrogens is 698 g/mol. The van der Waals surface area contributed by atoms with Crippen LogP contribution in [0, 0.1) is 11.8 Å². The lowest BCUT2D eigenvalue weighted by atomic mass is 10.2. The van der Waals surface area contributed by atoms with Gasteiger partial charge in [0.2, 0.25) is 5.91 Å². The number of ether oxygens (including phenoxy) is 1. The first-order valence-electron chi connectivity index (χ1n) is 12.5. The van der Waals surface area contributed by atoms with Crippen LogP contribution >= 0.6 is 23.5 Å². The number of aliphatic hydroxyl groups is 1. The van der Waals surface area contributed by atoms with Gasteiger partial charge in [0, 0.05) is 25.6 Å². The molecule has 3 rings (SSSR count). The molecule has 5 atom stereocenters. The van der Waals surface area contributed by atoms with Crippen LogP contribution in [0.2, 0.25) is 0 Å². The van der Waals surface area contributed by atoms with Gasteiger partial charge in [0.15, 0.2) is 0 Å². The fourth-order valence-corrected chi connectivity index (χ4v) is 6.88. The molecule has 1 aliphatic rings. The van der Waals surface area contributed by atoms with E-state index in [1.807, 2.05) is 0 Å². The fourth-order valence-electron chi connectivity index (χ4n) is 3.85. The number of nitrogens with one attached hydrogen (secondary N) is 2. The van der Waals surface area contributed by atoms with E-state index in [-0.39, 0.29) is 54.8 Å². The number of aliphatic hydroxyl groups excluding tert-OH is 1. The predicted molar refractivity (Wildman–Crippen MR) is 144 cm³/mol. The molecule has 0 saturated carbocycles. The summed E-state index contributed by atoms with van der Waals surface area (Å²) in [7, 11) is -16.8. The van der Waals surface area contributed by atoms with Crippen molar-refractivity contribution in [3.63, 3.8) is 0 Å². The van der Waals surface area contributed by atoms with Crippen molar-refractivity contribution in [3.8, 4) is 11.8 Å². The highest BCUT2D eigenvalue weighted by molar-refractivity contribution is 7.66.